The molecule has 6 nitrogen and oxygen atoms in total. The summed E-state index contributed by atoms with van der Waals surface area (Å²) in [5, 5.41) is -0.484. The van der Waals surface area contributed by atoms with Gasteiger partial charge in [0, 0.05) is 0 Å². The van der Waals surface area contributed by atoms with Crippen molar-refractivity contribution in [2.24, 2.45) is 0 Å². The van der Waals surface area contributed by atoms with E-state index in [2.05, 4.69) is 49.9 Å². The normalized spacial score (nSPS) is 17.4. The van der Waals surface area contributed by atoms with E-state index in [0.717, 1.165) is 35.1 Å². The molecule has 1 fully saturated rings. The lowest BCUT2D eigenvalue weighted by molar-refractivity contribution is -0.148. The van der Waals surface area contributed by atoms with Crippen molar-refractivity contribution in [3.63, 3.8) is 0 Å². The molecule has 0 bridgehead atoms. The van der Waals surface area contributed by atoms with Crippen molar-refractivity contribution in [3.8, 4) is 5.75 Å². The van der Waals surface area contributed by atoms with Crippen LogP contribution in [0.5, 0.6) is 5.75 Å². The fourth-order valence-electron chi connectivity index (χ4n) is 2.10. The van der Waals surface area contributed by atoms with Crippen LogP contribution in [0.25, 0.3) is 6.08 Å². The Labute approximate surface area is 170 Å². The number of imide groups is 1. The Hall–Kier alpha value is -0.820. The van der Waals surface area contributed by atoms with Gasteiger partial charge in [-0.05, 0) is 87.6 Å². The van der Waals surface area contributed by atoms with E-state index < -0.39 is 23.2 Å². The van der Waals surface area contributed by atoms with Crippen LogP contribution in [0.1, 0.15) is 12.5 Å². The van der Waals surface area contributed by atoms with Gasteiger partial charge in [-0.1, -0.05) is 0 Å². The summed E-state index contributed by atoms with van der Waals surface area (Å²) in [6.45, 7) is 1.46. The van der Waals surface area contributed by atoms with Gasteiger partial charge >= 0.3 is 5.97 Å². The number of carbonyl (C=O) groups excluding carboxylic acids is 3. The van der Waals surface area contributed by atoms with Crippen molar-refractivity contribution >= 4 is 80.1 Å². The summed E-state index contributed by atoms with van der Waals surface area (Å²) < 4.78 is 11.7. The molecule has 128 valence electrons. The Bertz CT molecular complexity index is 726. The number of amides is 2. The monoisotopic (exact) mass is 573 g/mol. The van der Waals surface area contributed by atoms with Crippen LogP contribution in [0.15, 0.2) is 17.0 Å². The number of rotatable bonds is 4. The van der Waals surface area contributed by atoms with Gasteiger partial charge in [-0.3, -0.25) is 14.5 Å². The molecule has 0 radical (unpaired) electrons. The molecule has 0 spiro atoms. The Morgan fingerprint density at radius 2 is 1.83 bits per heavy atom. The fourth-order valence-corrected chi connectivity index (χ4v) is 5.26. The van der Waals surface area contributed by atoms with Crippen LogP contribution in [-0.4, -0.2) is 42.3 Å². The van der Waals surface area contributed by atoms with E-state index in [9.17, 15) is 14.4 Å². The number of nitrogens with zero attached hydrogens (tertiary/aromatic N) is 1. The van der Waals surface area contributed by atoms with E-state index in [1.54, 1.807) is 13.2 Å². The second kappa shape index (κ2) is 8.04. The predicted molar refractivity (Wildman–Crippen MR) is 108 cm³/mol. The molecule has 0 aliphatic carbocycles. The van der Waals surface area contributed by atoms with Gasteiger partial charge in [0.05, 0.1) is 26.3 Å². The molecular weight excluding hydrogens is 560 g/mol. The van der Waals surface area contributed by atoms with Crippen LogP contribution >= 0.6 is 56.9 Å². The van der Waals surface area contributed by atoms with E-state index in [1.807, 2.05) is 12.1 Å². The lowest BCUT2D eigenvalue weighted by Crippen LogP contribution is -2.42. The van der Waals surface area contributed by atoms with Gasteiger partial charge in [0.15, 0.2) is 0 Å². The first-order valence-electron chi connectivity index (χ1n) is 6.68. The van der Waals surface area contributed by atoms with Crippen molar-refractivity contribution < 1.29 is 23.9 Å². The molecule has 1 aliphatic heterocycles. The van der Waals surface area contributed by atoms with Crippen molar-refractivity contribution in [1.82, 2.24) is 4.90 Å². The molecule has 1 heterocycles. The van der Waals surface area contributed by atoms with Crippen LogP contribution < -0.4 is 4.74 Å². The first-order valence-corrected chi connectivity index (χ1v) is 9.65. The lowest BCUT2D eigenvalue weighted by Gasteiger charge is -2.18. The van der Waals surface area contributed by atoms with E-state index in [4.69, 9.17) is 4.74 Å². The maximum absolute atomic E-state index is 12.5. The first-order chi connectivity index (χ1) is 11.3. The molecule has 1 atom stereocenters. The summed E-state index contributed by atoms with van der Waals surface area (Å²) in [4.78, 5) is 37.3. The average Bonchev–Trinajstić information content (AvgIpc) is 2.79. The molecular formula is C15H13I2NO5S. The summed E-state index contributed by atoms with van der Waals surface area (Å²) in [5.74, 6) is -0.364. The third kappa shape index (κ3) is 3.87. The van der Waals surface area contributed by atoms with E-state index in [0.29, 0.717) is 0 Å². The van der Waals surface area contributed by atoms with Crippen LogP contribution in [0.3, 0.4) is 0 Å². The number of methoxy groups -OCH3 is 2. The number of ether oxygens (including phenoxy) is 2. The van der Waals surface area contributed by atoms with Gasteiger partial charge in [-0.2, -0.15) is 0 Å². The Morgan fingerprint density at radius 1 is 1.25 bits per heavy atom. The fraction of sp³-hybridized carbons (Fsp3) is 0.267. The molecule has 24 heavy (non-hydrogen) atoms. The van der Waals surface area contributed by atoms with Gasteiger partial charge in [0.25, 0.3) is 11.1 Å². The molecule has 0 N–H and O–H groups in total. The molecule has 1 aliphatic rings. The minimum Gasteiger partial charge on any atom is -0.495 e. The maximum Gasteiger partial charge on any atom is 0.328 e. The minimum absolute atomic E-state index is 0.271. The minimum atomic E-state index is -0.954. The van der Waals surface area contributed by atoms with E-state index >= 15 is 0 Å². The Balaban J connectivity index is 2.34. The van der Waals surface area contributed by atoms with Crippen molar-refractivity contribution in [2.75, 3.05) is 14.2 Å². The smallest absolute Gasteiger partial charge is 0.328 e. The molecule has 0 saturated carbocycles. The summed E-state index contributed by atoms with van der Waals surface area (Å²) in [5.41, 5.74) is 0.779. The molecule has 2 rings (SSSR count). The third-order valence-corrected chi connectivity index (χ3v) is 5.76. The average molecular weight is 573 g/mol. The SMILES string of the molecule is COC(=O)[C@H](C)N1C(=O)S/C(=C/c2cc(I)c(OC)c(I)c2)C1=O. The number of carbonyl (C=O) groups is 3. The highest BCUT2D eigenvalue weighted by atomic mass is 127. The Morgan fingerprint density at radius 3 is 2.33 bits per heavy atom. The number of benzene rings is 1. The van der Waals surface area contributed by atoms with Crippen LogP contribution in [0, 0.1) is 7.14 Å². The number of esters is 1. The second-order valence-electron chi connectivity index (χ2n) is 4.77. The third-order valence-electron chi connectivity index (χ3n) is 3.28. The van der Waals surface area contributed by atoms with Gasteiger partial charge in [-0.25, -0.2) is 4.79 Å². The van der Waals surface area contributed by atoms with Crippen LogP contribution in [0.2, 0.25) is 0 Å². The van der Waals surface area contributed by atoms with Gasteiger partial charge < -0.3 is 9.47 Å². The molecule has 2 amide bonds. The van der Waals surface area contributed by atoms with Gasteiger partial charge in [0.1, 0.15) is 11.8 Å². The van der Waals surface area contributed by atoms with Gasteiger partial charge in [-0.15, -0.1) is 0 Å². The van der Waals surface area contributed by atoms with Gasteiger partial charge in [0.2, 0.25) is 0 Å². The first kappa shape index (κ1) is 19.5. The van der Waals surface area contributed by atoms with Crippen LogP contribution in [-0.2, 0) is 14.3 Å². The quantitative estimate of drug-likeness (QED) is 0.312. The molecule has 9 heteroatoms. The molecule has 1 aromatic carbocycles. The summed E-state index contributed by atoms with van der Waals surface area (Å²) in [6, 6.07) is 2.77. The zero-order chi connectivity index (χ0) is 18.0. The predicted octanol–water partition coefficient (Wildman–Crippen LogP) is 3.50. The number of halogens is 2. The van der Waals surface area contributed by atoms with Crippen molar-refractivity contribution in [1.29, 1.82) is 0 Å². The molecule has 0 unspecified atom stereocenters. The van der Waals surface area contributed by atoms with Crippen molar-refractivity contribution in [2.45, 2.75) is 13.0 Å². The zero-order valence-corrected chi connectivity index (χ0v) is 18.1. The van der Waals surface area contributed by atoms with Crippen molar-refractivity contribution in [3.05, 3.63) is 29.7 Å². The second-order valence-corrected chi connectivity index (χ2v) is 8.09. The summed E-state index contributed by atoms with van der Waals surface area (Å²) in [6.07, 6.45) is 1.64. The van der Waals surface area contributed by atoms with E-state index in [-0.39, 0.29) is 4.91 Å². The summed E-state index contributed by atoms with van der Waals surface area (Å²) >= 11 is 5.10. The van der Waals surface area contributed by atoms with E-state index in [1.165, 1.54) is 14.0 Å². The largest absolute Gasteiger partial charge is 0.495 e. The maximum atomic E-state index is 12.5. The lowest BCUT2D eigenvalue weighted by atomic mass is 10.2. The number of hydrogen-bond donors (Lipinski definition) is 0. The molecule has 1 saturated heterocycles. The number of thioether (sulfide) groups is 1. The summed E-state index contributed by atoms with van der Waals surface area (Å²) in [7, 11) is 2.81. The highest BCUT2D eigenvalue weighted by molar-refractivity contribution is 14.1. The molecule has 0 aromatic heterocycles. The van der Waals surface area contributed by atoms with Crippen LogP contribution in [0.4, 0.5) is 4.79 Å². The number of hydrogen-bond acceptors (Lipinski definition) is 6. The highest BCUT2D eigenvalue weighted by Gasteiger charge is 2.41. The zero-order valence-electron chi connectivity index (χ0n) is 13.0. The standard InChI is InChI=1S/C15H13I2NO5S/c1-7(14(20)23-3)18-13(19)11(24-15(18)21)6-8-4-9(16)12(22-2)10(17)5-8/h4-7H,1-3H3/b11-6+/t7-/m0/s1. The Kier molecular flexibility index (Phi) is 6.53. The topological polar surface area (TPSA) is 72.9 Å². The molecule has 1 aromatic rings. The highest BCUT2D eigenvalue weighted by Crippen LogP contribution is 2.35.